The van der Waals surface area contributed by atoms with Crippen molar-refractivity contribution in [1.29, 1.82) is 0 Å². The molecule has 0 saturated heterocycles. The van der Waals surface area contributed by atoms with Gasteiger partial charge in [0.05, 0.1) is 6.10 Å². The van der Waals surface area contributed by atoms with Gasteiger partial charge in [-0.15, -0.1) is 0 Å². The average Bonchev–Trinajstić information content (AvgIpc) is 2.10. The third-order valence-electron chi connectivity index (χ3n) is 2.25. The summed E-state index contributed by atoms with van der Waals surface area (Å²) in [5.41, 5.74) is 0. The van der Waals surface area contributed by atoms with Crippen LogP contribution in [0.25, 0.3) is 0 Å². The number of ketones is 1. The van der Waals surface area contributed by atoms with E-state index in [0.29, 0.717) is 18.8 Å². The van der Waals surface area contributed by atoms with Gasteiger partial charge < -0.3 is 5.11 Å². The zero-order chi connectivity index (χ0) is 7.72. The molecule has 0 aromatic carbocycles. The Bertz CT molecular complexity index is 140. The first-order valence-electron chi connectivity index (χ1n) is 3.81. The molecular formula is C8H14O2. The highest BCUT2D eigenvalue weighted by atomic mass is 16.3. The van der Waals surface area contributed by atoms with Crippen molar-refractivity contribution in [3.63, 3.8) is 0 Å². The summed E-state index contributed by atoms with van der Waals surface area (Å²) in [5.74, 6) is 0.861. The van der Waals surface area contributed by atoms with Crippen molar-refractivity contribution < 1.29 is 9.90 Å². The Morgan fingerprint density at radius 1 is 1.50 bits per heavy atom. The van der Waals surface area contributed by atoms with Crippen molar-refractivity contribution in [3.8, 4) is 0 Å². The molecule has 0 aromatic rings. The Kier molecular flexibility index (Phi) is 2.09. The van der Waals surface area contributed by atoms with Crippen LogP contribution in [0.4, 0.5) is 0 Å². The van der Waals surface area contributed by atoms with Crippen LogP contribution in [0.2, 0.25) is 0 Å². The lowest BCUT2D eigenvalue weighted by Crippen LogP contribution is -2.18. The molecule has 58 valence electrons. The van der Waals surface area contributed by atoms with Gasteiger partial charge in [-0.25, -0.2) is 0 Å². The van der Waals surface area contributed by atoms with Crippen LogP contribution in [0, 0.1) is 11.8 Å². The summed E-state index contributed by atoms with van der Waals surface area (Å²) < 4.78 is 0. The third-order valence-corrected chi connectivity index (χ3v) is 2.25. The molecule has 0 amide bonds. The molecule has 0 spiro atoms. The van der Waals surface area contributed by atoms with E-state index in [2.05, 4.69) is 0 Å². The summed E-state index contributed by atoms with van der Waals surface area (Å²) in [6, 6.07) is 0. The van der Waals surface area contributed by atoms with E-state index < -0.39 is 0 Å². The number of carbonyl (C=O) groups is 1. The first-order valence-corrected chi connectivity index (χ1v) is 3.81. The van der Waals surface area contributed by atoms with E-state index in [-0.39, 0.29) is 17.8 Å². The normalized spacial score (nSPS) is 33.8. The van der Waals surface area contributed by atoms with Crippen LogP contribution in [-0.2, 0) is 4.79 Å². The summed E-state index contributed by atoms with van der Waals surface area (Å²) >= 11 is 0. The maximum atomic E-state index is 10.8. The molecule has 1 fully saturated rings. The van der Waals surface area contributed by atoms with Crippen molar-refractivity contribution in [2.45, 2.75) is 32.8 Å². The van der Waals surface area contributed by atoms with Crippen LogP contribution in [0.1, 0.15) is 26.7 Å². The maximum Gasteiger partial charge on any atom is 0.135 e. The molecule has 0 heterocycles. The predicted octanol–water partition coefficient (Wildman–Crippen LogP) is 0.982. The van der Waals surface area contributed by atoms with Crippen LogP contribution in [0.5, 0.6) is 0 Å². The van der Waals surface area contributed by atoms with Gasteiger partial charge in [-0.1, -0.05) is 13.8 Å². The second-order valence-electron chi connectivity index (χ2n) is 3.42. The van der Waals surface area contributed by atoms with E-state index in [9.17, 15) is 9.90 Å². The summed E-state index contributed by atoms with van der Waals surface area (Å²) in [5, 5.41) is 9.31. The smallest absolute Gasteiger partial charge is 0.135 e. The summed E-state index contributed by atoms with van der Waals surface area (Å²) in [7, 11) is 0. The topological polar surface area (TPSA) is 37.3 Å². The predicted molar refractivity (Wildman–Crippen MR) is 38.6 cm³/mol. The van der Waals surface area contributed by atoms with Gasteiger partial charge in [-0.05, 0) is 11.8 Å². The van der Waals surface area contributed by atoms with Gasteiger partial charge in [0.1, 0.15) is 5.78 Å². The molecule has 0 radical (unpaired) electrons. The molecule has 1 rings (SSSR count). The quantitative estimate of drug-likeness (QED) is 0.592. The Balaban J connectivity index is 2.54. The van der Waals surface area contributed by atoms with Gasteiger partial charge in [-0.3, -0.25) is 4.79 Å². The summed E-state index contributed by atoms with van der Waals surface area (Å²) in [6.07, 6.45) is 0.592. The lowest BCUT2D eigenvalue weighted by molar-refractivity contribution is -0.118. The summed E-state index contributed by atoms with van der Waals surface area (Å²) in [6.45, 7) is 4.10. The molecule has 2 nitrogen and oxygen atoms in total. The zero-order valence-corrected chi connectivity index (χ0v) is 6.50. The summed E-state index contributed by atoms with van der Waals surface area (Å²) in [4.78, 5) is 10.8. The monoisotopic (exact) mass is 142 g/mol. The van der Waals surface area contributed by atoms with Crippen LogP contribution in [0.15, 0.2) is 0 Å². The van der Waals surface area contributed by atoms with Gasteiger partial charge >= 0.3 is 0 Å². The van der Waals surface area contributed by atoms with Gasteiger partial charge in [0.2, 0.25) is 0 Å². The average molecular weight is 142 g/mol. The molecule has 2 unspecified atom stereocenters. The number of carbonyl (C=O) groups excluding carboxylic acids is 1. The van der Waals surface area contributed by atoms with Crippen molar-refractivity contribution >= 4 is 5.78 Å². The van der Waals surface area contributed by atoms with Crippen LogP contribution in [0.3, 0.4) is 0 Å². The van der Waals surface area contributed by atoms with E-state index in [1.165, 1.54) is 0 Å². The highest BCUT2D eigenvalue weighted by Gasteiger charge is 2.32. The van der Waals surface area contributed by atoms with Crippen molar-refractivity contribution in [1.82, 2.24) is 0 Å². The third kappa shape index (κ3) is 1.37. The highest BCUT2D eigenvalue weighted by molar-refractivity contribution is 5.81. The fourth-order valence-electron chi connectivity index (χ4n) is 1.55. The van der Waals surface area contributed by atoms with Gasteiger partial charge in [0, 0.05) is 12.8 Å². The molecule has 0 bridgehead atoms. The van der Waals surface area contributed by atoms with Gasteiger partial charge in [0.25, 0.3) is 0 Å². The Hall–Kier alpha value is -0.370. The minimum atomic E-state index is -0.368. The second-order valence-corrected chi connectivity index (χ2v) is 3.42. The fourth-order valence-corrected chi connectivity index (χ4v) is 1.55. The maximum absolute atomic E-state index is 10.8. The molecule has 1 N–H and O–H groups in total. The van der Waals surface area contributed by atoms with E-state index in [1.807, 2.05) is 13.8 Å². The molecule has 10 heavy (non-hydrogen) atoms. The second kappa shape index (κ2) is 2.70. The Morgan fingerprint density at radius 3 is 2.30 bits per heavy atom. The Labute approximate surface area is 61.2 Å². The minimum Gasteiger partial charge on any atom is -0.392 e. The van der Waals surface area contributed by atoms with Crippen molar-refractivity contribution in [2.24, 2.45) is 11.8 Å². The van der Waals surface area contributed by atoms with E-state index >= 15 is 0 Å². The Morgan fingerprint density at radius 2 is 2.10 bits per heavy atom. The van der Waals surface area contributed by atoms with Crippen molar-refractivity contribution in [3.05, 3.63) is 0 Å². The molecule has 1 saturated carbocycles. The standard InChI is InChI=1S/C8H14O2/c1-5(2)7-3-6(9)4-8(7)10/h5,7-8,10H,3-4H2,1-2H3. The first-order chi connectivity index (χ1) is 4.61. The number of hydrogen-bond acceptors (Lipinski definition) is 2. The number of hydrogen-bond donors (Lipinski definition) is 1. The number of aliphatic hydroxyl groups excluding tert-OH is 1. The number of rotatable bonds is 1. The highest BCUT2D eigenvalue weighted by Crippen LogP contribution is 2.28. The lowest BCUT2D eigenvalue weighted by atomic mass is 9.93. The lowest BCUT2D eigenvalue weighted by Gasteiger charge is -2.16. The van der Waals surface area contributed by atoms with E-state index in [1.54, 1.807) is 0 Å². The van der Waals surface area contributed by atoms with Crippen LogP contribution < -0.4 is 0 Å². The molecule has 1 aliphatic carbocycles. The number of aliphatic hydroxyl groups is 1. The van der Waals surface area contributed by atoms with Crippen LogP contribution in [-0.4, -0.2) is 17.0 Å². The van der Waals surface area contributed by atoms with E-state index in [0.717, 1.165) is 0 Å². The number of Topliss-reactive ketones (excluding diaryl/α,β-unsaturated/α-hetero) is 1. The van der Waals surface area contributed by atoms with Gasteiger partial charge in [0.15, 0.2) is 0 Å². The molecule has 2 heteroatoms. The fraction of sp³-hybridized carbons (Fsp3) is 0.875. The molecular weight excluding hydrogens is 128 g/mol. The molecule has 1 aliphatic rings. The van der Waals surface area contributed by atoms with E-state index in [4.69, 9.17) is 0 Å². The SMILES string of the molecule is CC(C)C1CC(=O)CC1O. The van der Waals surface area contributed by atoms with Crippen molar-refractivity contribution in [2.75, 3.05) is 0 Å². The molecule has 0 aromatic heterocycles. The molecule has 2 atom stereocenters. The van der Waals surface area contributed by atoms with Gasteiger partial charge in [-0.2, -0.15) is 0 Å². The molecule has 0 aliphatic heterocycles. The minimum absolute atomic E-state index is 0.214. The first kappa shape index (κ1) is 7.73. The zero-order valence-electron chi connectivity index (χ0n) is 6.50. The van der Waals surface area contributed by atoms with Crippen LogP contribution >= 0.6 is 0 Å². The largest absolute Gasteiger partial charge is 0.392 e.